The van der Waals surface area contributed by atoms with E-state index in [1.54, 1.807) is 0 Å². The molecule has 9 heteroatoms. The van der Waals surface area contributed by atoms with Crippen LogP contribution in [0.1, 0.15) is 55.0 Å². The average Bonchev–Trinajstić information content (AvgIpc) is 3.36. The zero-order valence-corrected chi connectivity index (χ0v) is 18.5. The van der Waals surface area contributed by atoms with Crippen LogP contribution in [0, 0.1) is 25.2 Å². The molecular formula is C22H25N7OS. The van der Waals surface area contributed by atoms with Crippen molar-refractivity contribution in [3.05, 3.63) is 47.2 Å². The fraction of sp³-hybridized carbons (Fsp3) is 0.409. The largest absolute Gasteiger partial charge is 0.310 e. The highest BCUT2D eigenvalue weighted by molar-refractivity contribution is 7.99. The number of hydrogen-bond acceptors (Lipinski definition) is 6. The molecule has 0 bridgehead atoms. The SMILES string of the molecule is Cc1c(C#N)c(NC(=O)CSc2nnnn2C2CCCCC2)n(-c2ccccc2)c1C. The third-order valence-electron chi connectivity index (χ3n) is 5.81. The topological polar surface area (TPSA) is 101 Å². The van der Waals surface area contributed by atoms with Crippen LogP contribution in [0.5, 0.6) is 0 Å². The molecule has 0 spiro atoms. The fourth-order valence-corrected chi connectivity index (χ4v) is 4.84. The summed E-state index contributed by atoms with van der Waals surface area (Å²) < 4.78 is 3.78. The summed E-state index contributed by atoms with van der Waals surface area (Å²) in [6.07, 6.45) is 5.76. The molecule has 1 aliphatic carbocycles. The molecule has 4 rings (SSSR count). The highest BCUT2D eigenvalue weighted by Crippen LogP contribution is 2.32. The molecular weight excluding hydrogens is 410 g/mol. The minimum Gasteiger partial charge on any atom is -0.310 e. The van der Waals surface area contributed by atoms with E-state index in [2.05, 4.69) is 26.9 Å². The number of nitrogens with zero attached hydrogens (tertiary/aromatic N) is 6. The molecule has 0 atom stereocenters. The first-order valence-corrected chi connectivity index (χ1v) is 11.5. The van der Waals surface area contributed by atoms with E-state index in [1.807, 2.05) is 53.4 Å². The van der Waals surface area contributed by atoms with Crippen LogP contribution in [-0.4, -0.2) is 36.4 Å². The van der Waals surface area contributed by atoms with Gasteiger partial charge in [0.25, 0.3) is 0 Å². The molecule has 1 amide bonds. The highest BCUT2D eigenvalue weighted by atomic mass is 32.2. The number of thioether (sulfide) groups is 1. The number of tetrazole rings is 1. The molecule has 2 aromatic heterocycles. The Balaban J connectivity index is 1.52. The Labute approximate surface area is 185 Å². The number of amides is 1. The summed E-state index contributed by atoms with van der Waals surface area (Å²) in [7, 11) is 0. The predicted molar refractivity (Wildman–Crippen MR) is 119 cm³/mol. The predicted octanol–water partition coefficient (Wildman–Crippen LogP) is 4.19. The van der Waals surface area contributed by atoms with E-state index in [1.165, 1.54) is 31.0 Å². The number of benzene rings is 1. The van der Waals surface area contributed by atoms with Gasteiger partial charge in [0.2, 0.25) is 11.1 Å². The van der Waals surface area contributed by atoms with Crippen molar-refractivity contribution >= 4 is 23.5 Å². The van der Waals surface area contributed by atoms with Crippen LogP contribution >= 0.6 is 11.8 Å². The van der Waals surface area contributed by atoms with Crippen LogP contribution in [0.15, 0.2) is 35.5 Å². The van der Waals surface area contributed by atoms with E-state index in [4.69, 9.17) is 0 Å². The molecule has 1 aliphatic rings. The lowest BCUT2D eigenvalue weighted by Crippen LogP contribution is -2.19. The lowest BCUT2D eigenvalue weighted by molar-refractivity contribution is -0.113. The Kier molecular flexibility index (Phi) is 6.37. The van der Waals surface area contributed by atoms with Gasteiger partial charge in [-0.1, -0.05) is 49.2 Å². The van der Waals surface area contributed by atoms with Crippen LogP contribution in [0.4, 0.5) is 5.82 Å². The van der Waals surface area contributed by atoms with Gasteiger partial charge in [0.05, 0.1) is 17.4 Å². The first-order chi connectivity index (χ1) is 15.1. The molecule has 1 N–H and O–H groups in total. The maximum Gasteiger partial charge on any atom is 0.236 e. The molecule has 0 aliphatic heterocycles. The monoisotopic (exact) mass is 435 g/mol. The molecule has 1 aromatic carbocycles. The Hall–Kier alpha value is -3.12. The smallest absolute Gasteiger partial charge is 0.236 e. The van der Waals surface area contributed by atoms with E-state index in [0.29, 0.717) is 22.6 Å². The summed E-state index contributed by atoms with van der Waals surface area (Å²) in [5.41, 5.74) is 3.16. The second-order valence-corrected chi connectivity index (χ2v) is 8.69. The highest BCUT2D eigenvalue weighted by Gasteiger charge is 2.23. The van der Waals surface area contributed by atoms with Gasteiger partial charge in [0, 0.05) is 11.4 Å². The zero-order valence-electron chi connectivity index (χ0n) is 17.7. The van der Waals surface area contributed by atoms with Crippen LogP contribution < -0.4 is 5.32 Å². The van der Waals surface area contributed by atoms with Gasteiger partial charge in [0.15, 0.2) is 0 Å². The van der Waals surface area contributed by atoms with Crippen molar-refractivity contribution in [2.75, 3.05) is 11.1 Å². The maximum absolute atomic E-state index is 12.8. The second kappa shape index (κ2) is 9.35. The first-order valence-electron chi connectivity index (χ1n) is 10.5. The van der Waals surface area contributed by atoms with Crippen LogP contribution in [-0.2, 0) is 4.79 Å². The number of nitrogens with one attached hydrogen (secondary N) is 1. The minimum atomic E-state index is -0.200. The number of nitriles is 1. The van der Waals surface area contributed by atoms with Crippen molar-refractivity contribution in [2.45, 2.75) is 57.1 Å². The Morgan fingerprint density at radius 2 is 1.97 bits per heavy atom. The van der Waals surface area contributed by atoms with Crippen molar-refractivity contribution in [3.8, 4) is 11.8 Å². The van der Waals surface area contributed by atoms with Gasteiger partial charge in [-0.15, -0.1) is 5.10 Å². The quantitative estimate of drug-likeness (QED) is 0.583. The van der Waals surface area contributed by atoms with Gasteiger partial charge in [-0.25, -0.2) is 4.68 Å². The van der Waals surface area contributed by atoms with Gasteiger partial charge in [-0.2, -0.15) is 5.26 Å². The van der Waals surface area contributed by atoms with Crippen molar-refractivity contribution < 1.29 is 4.79 Å². The number of anilines is 1. The van der Waals surface area contributed by atoms with Gasteiger partial charge < -0.3 is 5.32 Å². The molecule has 3 aromatic rings. The maximum atomic E-state index is 12.8. The van der Waals surface area contributed by atoms with E-state index < -0.39 is 0 Å². The fourth-order valence-electron chi connectivity index (χ4n) is 4.09. The number of rotatable bonds is 6. The van der Waals surface area contributed by atoms with E-state index in [-0.39, 0.29) is 11.7 Å². The first kappa shape index (κ1) is 21.1. The molecule has 1 fully saturated rings. The third kappa shape index (κ3) is 4.35. The zero-order chi connectivity index (χ0) is 21.8. The molecule has 31 heavy (non-hydrogen) atoms. The minimum absolute atomic E-state index is 0.163. The third-order valence-corrected chi connectivity index (χ3v) is 6.75. The second-order valence-electron chi connectivity index (χ2n) is 7.75. The summed E-state index contributed by atoms with van der Waals surface area (Å²) in [5, 5.41) is 25.4. The molecule has 8 nitrogen and oxygen atoms in total. The van der Waals surface area contributed by atoms with Crippen molar-refractivity contribution in [1.82, 2.24) is 24.8 Å². The summed E-state index contributed by atoms with van der Waals surface area (Å²) in [6.45, 7) is 3.85. The average molecular weight is 436 g/mol. The van der Waals surface area contributed by atoms with Crippen LogP contribution in [0.25, 0.3) is 5.69 Å². The Morgan fingerprint density at radius 3 is 2.68 bits per heavy atom. The Morgan fingerprint density at radius 1 is 1.23 bits per heavy atom. The van der Waals surface area contributed by atoms with Crippen molar-refractivity contribution in [1.29, 1.82) is 5.26 Å². The molecule has 2 heterocycles. The van der Waals surface area contributed by atoms with Crippen LogP contribution in [0.3, 0.4) is 0 Å². The lowest BCUT2D eigenvalue weighted by Gasteiger charge is -2.21. The number of para-hydroxylation sites is 1. The number of hydrogen-bond donors (Lipinski definition) is 1. The standard InChI is InChI=1S/C22H25N7OS/c1-15-16(2)28(17-9-5-3-6-10-17)21(19(15)13-23)24-20(30)14-31-22-25-26-27-29(22)18-11-7-4-8-12-18/h3,5-6,9-10,18H,4,7-8,11-12,14H2,1-2H3,(H,24,30). The van der Waals surface area contributed by atoms with Crippen molar-refractivity contribution in [3.63, 3.8) is 0 Å². The number of aromatic nitrogens is 5. The van der Waals surface area contributed by atoms with Crippen molar-refractivity contribution in [2.24, 2.45) is 0 Å². The summed E-state index contributed by atoms with van der Waals surface area (Å²) in [4.78, 5) is 12.8. The van der Waals surface area contributed by atoms with Crippen LogP contribution in [0.2, 0.25) is 0 Å². The summed E-state index contributed by atoms with van der Waals surface area (Å²) in [5.74, 6) is 0.464. The Bertz CT molecular complexity index is 1110. The summed E-state index contributed by atoms with van der Waals surface area (Å²) >= 11 is 1.32. The lowest BCUT2D eigenvalue weighted by atomic mass is 9.96. The normalized spacial score (nSPS) is 14.4. The molecule has 160 valence electrons. The van der Waals surface area contributed by atoms with E-state index in [9.17, 15) is 10.1 Å². The molecule has 0 radical (unpaired) electrons. The number of carbonyl (C=O) groups is 1. The van der Waals surface area contributed by atoms with Gasteiger partial charge in [-0.3, -0.25) is 9.36 Å². The van der Waals surface area contributed by atoms with E-state index in [0.717, 1.165) is 29.8 Å². The summed E-state index contributed by atoms with van der Waals surface area (Å²) in [6, 6.07) is 12.3. The number of carbonyl (C=O) groups excluding carboxylic acids is 1. The van der Waals surface area contributed by atoms with Gasteiger partial charge in [0.1, 0.15) is 11.9 Å². The van der Waals surface area contributed by atoms with Gasteiger partial charge >= 0.3 is 0 Å². The molecule has 0 unspecified atom stereocenters. The molecule has 1 saturated carbocycles. The van der Waals surface area contributed by atoms with Gasteiger partial charge in [-0.05, 0) is 54.8 Å². The van der Waals surface area contributed by atoms with E-state index >= 15 is 0 Å². The molecule has 0 saturated heterocycles.